The van der Waals surface area contributed by atoms with Gasteiger partial charge in [0.2, 0.25) is 0 Å². The number of likely N-dealkylation sites (N-methyl/N-ethyl adjacent to an activating group) is 1. The monoisotopic (exact) mass is 238 g/mol. The van der Waals surface area contributed by atoms with Crippen LogP contribution in [0.5, 0.6) is 0 Å². The molecule has 3 atom stereocenters. The molecule has 0 amide bonds. The zero-order valence-corrected chi connectivity index (χ0v) is 10.9. The minimum absolute atomic E-state index is 0.394. The van der Waals surface area contributed by atoms with Gasteiger partial charge in [-0.3, -0.25) is 0 Å². The highest BCUT2D eigenvalue weighted by atomic mass is 16.5. The Hall–Kier alpha value is -0.710. The Morgan fingerprint density at radius 1 is 1.53 bits per heavy atom. The molecule has 2 rings (SSSR count). The van der Waals surface area contributed by atoms with E-state index in [1.165, 1.54) is 5.70 Å². The molecule has 2 aliphatic heterocycles. The first-order valence-corrected chi connectivity index (χ1v) is 6.71. The summed E-state index contributed by atoms with van der Waals surface area (Å²) in [5, 5.41) is 4.71. The first kappa shape index (κ1) is 12.7. The number of nitrogens with two attached hydrogens (primary N) is 1. The summed E-state index contributed by atoms with van der Waals surface area (Å²) in [7, 11) is 0. The highest BCUT2D eigenvalue weighted by Crippen LogP contribution is 2.33. The van der Waals surface area contributed by atoms with Gasteiger partial charge >= 0.3 is 0 Å². The maximum absolute atomic E-state index is 5.86. The number of ether oxygens (including phenoxy) is 1. The summed E-state index contributed by atoms with van der Waals surface area (Å²) in [6, 6.07) is 0.534. The average molecular weight is 238 g/mol. The van der Waals surface area contributed by atoms with Gasteiger partial charge in [0.05, 0.1) is 25.5 Å². The molecule has 96 valence electrons. The molecule has 1 fully saturated rings. The Morgan fingerprint density at radius 2 is 2.35 bits per heavy atom. The number of quaternary nitrogens is 1. The maximum Gasteiger partial charge on any atom is 0.151 e. The molecule has 4 nitrogen and oxygen atoms in total. The first-order valence-electron chi connectivity index (χ1n) is 6.71. The van der Waals surface area contributed by atoms with Crippen LogP contribution in [0.2, 0.25) is 0 Å². The fraction of sp³-hybridized carbons (Fsp3) is 0.769. The van der Waals surface area contributed by atoms with Crippen molar-refractivity contribution in [3.63, 3.8) is 0 Å². The van der Waals surface area contributed by atoms with Gasteiger partial charge in [-0.05, 0) is 13.3 Å². The summed E-state index contributed by atoms with van der Waals surface area (Å²) in [6.45, 7) is 6.83. The van der Waals surface area contributed by atoms with Crippen molar-refractivity contribution in [3.05, 3.63) is 11.8 Å². The van der Waals surface area contributed by atoms with E-state index in [0.717, 1.165) is 37.0 Å². The van der Waals surface area contributed by atoms with Gasteiger partial charge in [-0.25, -0.2) is 0 Å². The highest BCUT2D eigenvalue weighted by molar-refractivity contribution is 5.72. The van der Waals surface area contributed by atoms with Crippen LogP contribution in [0.25, 0.3) is 0 Å². The molecule has 0 radical (unpaired) electrons. The molecule has 3 unspecified atom stereocenters. The molecule has 4 heteroatoms. The first-order chi connectivity index (χ1) is 8.26. The van der Waals surface area contributed by atoms with Gasteiger partial charge in [-0.1, -0.05) is 12.0 Å². The van der Waals surface area contributed by atoms with Crippen LogP contribution in [0.1, 0.15) is 33.1 Å². The van der Waals surface area contributed by atoms with E-state index >= 15 is 0 Å². The molecular weight excluding hydrogens is 214 g/mol. The SMILES string of the molecule is CCC1CC([N+]2(CC)N=CC=C2CN)CCO1. The third-order valence-electron chi connectivity index (χ3n) is 4.13. The maximum atomic E-state index is 5.86. The third-order valence-corrected chi connectivity index (χ3v) is 4.13. The van der Waals surface area contributed by atoms with Crippen LogP contribution in [-0.2, 0) is 4.74 Å². The van der Waals surface area contributed by atoms with Crippen LogP contribution in [0.15, 0.2) is 16.9 Å². The van der Waals surface area contributed by atoms with Gasteiger partial charge in [0, 0.05) is 18.9 Å². The Bertz CT molecular complexity index is 327. The number of hydrogen-bond donors (Lipinski definition) is 1. The van der Waals surface area contributed by atoms with E-state index in [0.29, 0.717) is 18.7 Å². The zero-order chi connectivity index (χ0) is 12.3. The molecule has 2 N–H and O–H groups in total. The van der Waals surface area contributed by atoms with Crippen molar-refractivity contribution in [1.82, 2.24) is 0 Å². The normalized spacial score (nSPS) is 37.2. The van der Waals surface area contributed by atoms with E-state index in [-0.39, 0.29) is 0 Å². The van der Waals surface area contributed by atoms with E-state index in [2.05, 4.69) is 19.9 Å². The summed E-state index contributed by atoms with van der Waals surface area (Å²) in [5.74, 6) is 0. The molecule has 1 saturated heterocycles. The van der Waals surface area contributed by atoms with Crippen molar-refractivity contribution in [3.8, 4) is 0 Å². The van der Waals surface area contributed by atoms with Gasteiger partial charge in [0.25, 0.3) is 0 Å². The second-order valence-electron chi connectivity index (χ2n) is 4.85. The van der Waals surface area contributed by atoms with E-state index in [4.69, 9.17) is 15.6 Å². The molecule has 17 heavy (non-hydrogen) atoms. The van der Waals surface area contributed by atoms with E-state index in [1.807, 2.05) is 6.21 Å². The molecule has 0 aromatic heterocycles. The lowest BCUT2D eigenvalue weighted by Gasteiger charge is -2.41. The lowest BCUT2D eigenvalue weighted by molar-refractivity contribution is -0.921. The second-order valence-corrected chi connectivity index (χ2v) is 4.85. The van der Waals surface area contributed by atoms with Gasteiger partial charge < -0.3 is 10.5 Å². The standard InChI is InChI=1S/C13H24N3O/c1-3-13-9-11(6-8-17-13)16(4-2)12(10-14)5-7-15-16/h5,7,11,13H,3-4,6,8-10,14H2,1-2H3/q+1. The Balaban J connectivity index is 2.18. The van der Waals surface area contributed by atoms with Crippen LogP contribution in [0, 0.1) is 0 Å². The summed E-state index contributed by atoms with van der Waals surface area (Å²) in [4.78, 5) is 0. The minimum atomic E-state index is 0.394. The minimum Gasteiger partial charge on any atom is -0.378 e. The van der Waals surface area contributed by atoms with Gasteiger partial charge in [-0.15, -0.1) is 0 Å². The lowest BCUT2D eigenvalue weighted by Crippen LogP contribution is -2.53. The van der Waals surface area contributed by atoms with E-state index in [1.54, 1.807) is 0 Å². The van der Waals surface area contributed by atoms with Crippen LogP contribution in [0.4, 0.5) is 0 Å². The molecule has 0 aliphatic carbocycles. The Morgan fingerprint density at radius 3 is 3.00 bits per heavy atom. The van der Waals surface area contributed by atoms with Gasteiger partial charge in [0.15, 0.2) is 5.70 Å². The molecule has 0 saturated carbocycles. The number of rotatable bonds is 4. The summed E-state index contributed by atoms with van der Waals surface area (Å²) >= 11 is 0. The quantitative estimate of drug-likeness (QED) is 0.757. The average Bonchev–Trinajstić information content (AvgIpc) is 2.82. The molecule has 0 bridgehead atoms. The summed E-state index contributed by atoms with van der Waals surface area (Å²) in [6.07, 6.45) is 7.66. The van der Waals surface area contributed by atoms with Crippen molar-refractivity contribution in [1.29, 1.82) is 0 Å². The second kappa shape index (κ2) is 5.29. The van der Waals surface area contributed by atoms with Crippen LogP contribution < -0.4 is 5.73 Å². The third kappa shape index (κ3) is 2.17. The molecule has 0 aromatic carbocycles. The Labute approximate surface area is 104 Å². The lowest BCUT2D eigenvalue weighted by atomic mass is 9.98. The van der Waals surface area contributed by atoms with E-state index < -0.39 is 0 Å². The van der Waals surface area contributed by atoms with Crippen molar-refractivity contribution in [2.75, 3.05) is 19.7 Å². The van der Waals surface area contributed by atoms with E-state index in [9.17, 15) is 0 Å². The van der Waals surface area contributed by atoms with Gasteiger partial charge in [0.1, 0.15) is 12.6 Å². The van der Waals surface area contributed by atoms with Crippen LogP contribution in [-0.4, -0.2) is 42.6 Å². The smallest absolute Gasteiger partial charge is 0.151 e. The number of nitrogens with zero attached hydrogens (tertiary/aromatic N) is 2. The molecule has 0 spiro atoms. The van der Waals surface area contributed by atoms with Crippen molar-refractivity contribution in [2.45, 2.75) is 45.3 Å². The summed E-state index contributed by atoms with van der Waals surface area (Å²) in [5.41, 5.74) is 7.11. The number of allylic oxidation sites excluding steroid dienone is 1. The fourth-order valence-electron chi connectivity index (χ4n) is 3.07. The van der Waals surface area contributed by atoms with Crippen LogP contribution >= 0.6 is 0 Å². The summed E-state index contributed by atoms with van der Waals surface area (Å²) < 4.78 is 6.48. The van der Waals surface area contributed by atoms with Crippen molar-refractivity contribution < 1.29 is 9.33 Å². The van der Waals surface area contributed by atoms with Crippen LogP contribution in [0.3, 0.4) is 0 Å². The van der Waals surface area contributed by atoms with Crippen molar-refractivity contribution in [2.24, 2.45) is 10.8 Å². The zero-order valence-electron chi connectivity index (χ0n) is 10.9. The van der Waals surface area contributed by atoms with Gasteiger partial charge in [-0.2, -0.15) is 4.59 Å². The largest absolute Gasteiger partial charge is 0.378 e. The molecule has 2 heterocycles. The fourth-order valence-corrected chi connectivity index (χ4v) is 3.07. The topological polar surface area (TPSA) is 47.6 Å². The predicted octanol–water partition coefficient (Wildman–Crippen LogP) is 1.62. The molecular formula is C13H24N3O+. The molecule has 0 aromatic rings. The molecule has 2 aliphatic rings. The highest BCUT2D eigenvalue weighted by Gasteiger charge is 2.44. The Kier molecular flexibility index (Phi) is 3.97. The predicted molar refractivity (Wildman–Crippen MR) is 69.5 cm³/mol. The number of hydrogen-bond acceptors (Lipinski definition) is 3. The van der Waals surface area contributed by atoms with Crippen molar-refractivity contribution >= 4 is 6.21 Å².